The van der Waals surface area contributed by atoms with E-state index in [2.05, 4.69) is 23.0 Å². The van der Waals surface area contributed by atoms with Crippen LogP contribution in [0.5, 0.6) is 0 Å². The summed E-state index contributed by atoms with van der Waals surface area (Å²) in [6, 6.07) is 4.99. The Balaban J connectivity index is 2.22. The Kier molecular flexibility index (Phi) is 3.40. The summed E-state index contributed by atoms with van der Waals surface area (Å²) in [5.41, 5.74) is 1.01. The van der Waals surface area contributed by atoms with E-state index in [4.69, 9.17) is 11.6 Å². The van der Waals surface area contributed by atoms with Crippen LogP contribution in [-0.2, 0) is 7.05 Å². The molecule has 4 nitrogen and oxygen atoms in total. The van der Waals surface area contributed by atoms with Crippen molar-refractivity contribution in [1.82, 2.24) is 9.78 Å². The molecule has 1 heterocycles. The Bertz CT molecular complexity index is 568. The number of hydrogen-bond acceptors (Lipinski definition) is 3. The number of benzene rings is 1. The monoisotopic (exact) mass is 267 g/mol. The maximum Gasteiger partial charge on any atom is 0.257 e. The zero-order valence-electron chi connectivity index (χ0n) is 9.01. The third-order valence-corrected chi connectivity index (χ3v) is 2.77. The van der Waals surface area contributed by atoms with Crippen LogP contribution < -0.4 is 5.32 Å². The fourth-order valence-electron chi connectivity index (χ4n) is 1.37. The maximum absolute atomic E-state index is 11.9. The average molecular weight is 268 g/mol. The summed E-state index contributed by atoms with van der Waals surface area (Å²) < 4.78 is 1.60. The Morgan fingerprint density at radius 1 is 1.53 bits per heavy atom. The molecule has 1 amide bonds. The summed E-state index contributed by atoms with van der Waals surface area (Å²) in [5, 5.41) is 7.06. The van der Waals surface area contributed by atoms with Crippen LogP contribution in [0.25, 0.3) is 0 Å². The number of carbonyl (C=O) groups excluding carboxylic acids is 1. The number of hydrogen-bond donors (Lipinski definition) is 2. The first kappa shape index (κ1) is 12.0. The molecule has 0 atom stereocenters. The molecular weight excluding hydrogens is 258 g/mol. The smallest absolute Gasteiger partial charge is 0.257 e. The van der Waals surface area contributed by atoms with Crippen molar-refractivity contribution in [2.75, 3.05) is 5.32 Å². The SMILES string of the molecule is Cn1cc(NC(=O)c2cc(S)ccc2Cl)cn1. The predicted octanol–water partition coefficient (Wildman–Crippen LogP) is 2.61. The summed E-state index contributed by atoms with van der Waals surface area (Å²) in [6.07, 6.45) is 3.27. The van der Waals surface area contributed by atoms with E-state index in [9.17, 15) is 4.79 Å². The van der Waals surface area contributed by atoms with Gasteiger partial charge in [0.05, 0.1) is 22.5 Å². The van der Waals surface area contributed by atoms with Gasteiger partial charge in [-0.3, -0.25) is 9.48 Å². The van der Waals surface area contributed by atoms with Crippen LogP contribution in [0.4, 0.5) is 5.69 Å². The van der Waals surface area contributed by atoms with Gasteiger partial charge in [0.1, 0.15) is 0 Å². The Morgan fingerprint density at radius 3 is 2.94 bits per heavy atom. The van der Waals surface area contributed by atoms with Crippen molar-refractivity contribution < 1.29 is 4.79 Å². The molecule has 0 fully saturated rings. The number of thiol groups is 1. The largest absolute Gasteiger partial charge is 0.319 e. The molecular formula is C11H10ClN3OS. The molecule has 0 spiro atoms. The first-order chi connectivity index (χ1) is 8.06. The summed E-state index contributed by atoms with van der Waals surface area (Å²) >= 11 is 10.1. The molecule has 1 aromatic carbocycles. The normalized spacial score (nSPS) is 10.3. The molecule has 0 saturated heterocycles. The quantitative estimate of drug-likeness (QED) is 0.822. The lowest BCUT2D eigenvalue weighted by Gasteiger charge is -2.05. The highest BCUT2D eigenvalue weighted by Gasteiger charge is 2.11. The standard InChI is InChI=1S/C11H10ClN3OS/c1-15-6-7(5-13-15)14-11(16)9-4-8(17)2-3-10(9)12/h2-6,17H,1H3,(H,14,16). The van der Waals surface area contributed by atoms with Crippen molar-refractivity contribution >= 4 is 35.8 Å². The molecule has 0 aliphatic carbocycles. The molecule has 0 aliphatic rings. The average Bonchev–Trinajstić information content (AvgIpc) is 2.67. The van der Waals surface area contributed by atoms with Gasteiger partial charge in [-0.05, 0) is 18.2 Å². The first-order valence-electron chi connectivity index (χ1n) is 4.85. The van der Waals surface area contributed by atoms with Crippen molar-refractivity contribution in [2.45, 2.75) is 4.90 Å². The molecule has 0 bridgehead atoms. The third kappa shape index (κ3) is 2.81. The van der Waals surface area contributed by atoms with Gasteiger partial charge in [0, 0.05) is 18.1 Å². The molecule has 17 heavy (non-hydrogen) atoms. The van der Waals surface area contributed by atoms with E-state index < -0.39 is 0 Å². The van der Waals surface area contributed by atoms with Crippen LogP contribution in [0.1, 0.15) is 10.4 Å². The lowest BCUT2D eigenvalue weighted by atomic mass is 10.2. The highest BCUT2D eigenvalue weighted by molar-refractivity contribution is 7.80. The van der Waals surface area contributed by atoms with Crippen molar-refractivity contribution in [1.29, 1.82) is 0 Å². The minimum absolute atomic E-state index is 0.279. The van der Waals surface area contributed by atoms with Gasteiger partial charge in [0.15, 0.2) is 0 Å². The lowest BCUT2D eigenvalue weighted by Crippen LogP contribution is -2.12. The van der Waals surface area contributed by atoms with Crippen molar-refractivity contribution in [3.8, 4) is 0 Å². The number of nitrogens with one attached hydrogen (secondary N) is 1. The van der Waals surface area contributed by atoms with Gasteiger partial charge in [-0.2, -0.15) is 5.10 Å². The summed E-state index contributed by atoms with van der Waals surface area (Å²) in [4.78, 5) is 12.6. The van der Waals surface area contributed by atoms with Gasteiger partial charge in [0.2, 0.25) is 0 Å². The van der Waals surface area contributed by atoms with E-state index >= 15 is 0 Å². The van der Waals surface area contributed by atoms with E-state index in [1.807, 2.05) is 0 Å². The number of carbonyl (C=O) groups is 1. The molecule has 6 heteroatoms. The molecule has 2 aromatic rings. The van der Waals surface area contributed by atoms with E-state index in [1.54, 1.807) is 42.3 Å². The summed E-state index contributed by atoms with van der Waals surface area (Å²) in [7, 11) is 1.77. The van der Waals surface area contributed by atoms with Crippen molar-refractivity contribution in [3.05, 3.63) is 41.2 Å². The van der Waals surface area contributed by atoms with E-state index in [-0.39, 0.29) is 5.91 Å². The van der Waals surface area contributed by atoms with Crippen LogP contribution in [0.3, 0.4) is 0 Å². The fourth-order valence-corrected chi connectivity index (χ4v) is 1.78. The van der Waals surface area contributed by atoms with Gasteiger partial charge in [-0.15, -0.1) is 12.6 Å². The van der Waals surface area contributed by atoms with Gasteiger partial charge in [0.25, 0.3) is 5.91 Å². The van der Waals surface area contributed by atoms with Gasteiger partial charge >= 0.3 is 0 Å². The van der Waals surface area contributed by atoms with E-state index in [1.165, 1.54) is 0 Å². The number of rotatable bonds is 2. The second-order valence-electron chi connectivity index (χ2n) is 3.52. The second-order valence-corrected chi connectivity index (χ2v) is 4.44. The Morgan fingerprint density at radius 2 is 2.29 bits per heavy atom. The zero-order chi connectivity index (χ0) is 12.4. The van der Waals surface area contributed by atoms with Gasteiger partial charge in [-0.25, -0.2) is 0 Å². The highest BCUT2D eigenvalue weighted by Crippen LogP contribution is 2.20. The highest BCUT2D eigenvalue weighted by atomic mass is 35.5. The fraction of sp³-hybridized carbons (Fsp3) is 0.0909. The number of aryl methyl sites for hydroxylation is 1. The minimum Gasteiger partial charge on any atom is -0.319 e. The summed E-state index contributed by atoms with van der Waals surface area (Å²) in [6.45, 7) is 0. The second kappa shape index (κ2) is 4.81. The van der Waals surface area contributed by atoms with Crippen molar-refractivity contribution in [3.63, 3.8) is 0 Å². The third-order valence-electron chi connectivity index (χ3n) is 2.16. The number of halogens is 1. The Labute approximate surface area is 109 Å². The van der Waals surface area contributed by atoms with Crippen LogP contribution in [0.15, 0.2) is 35.5 Å². The van der Waals surface area contributed by atoms with Gasteiger partial charge < -0.3 is 5.32 Å². The maximum atomic E-state index is 11.9. The lowest BCUT2D eigenvalue weighted by molar-refractivity contribution is 0.102. The predicted molar refractivity (Wildman–Crippen MR) is 69.9 cm³/mol. The van der Waals surface area contributed by atoms with Crippen molar-refractivity contribution in [2.24, 2.45) is 7.05 Å². The van der Waals surface area contributed by atoms with Crippen LogP contribution >= 0.6 is 24.2 Å². The molecule has 0 unspecified atom stereocenters. The number of anilines is 1. The topological polar surface area (TPSA) is 46.9 Å². The summed E-state index contributed by atoms with van der Waals surface area (Å²) in [5.74, 6) is -0.279. The Hall–Kier alpha value is -1.46. The number of nitrogens with zero attached hydrogens (tertiary/aromatic N) is 2. The number of amides is 1. The van der Waals surface area contributed by atoms with Crippen LogP contribution in [-0.4, -0.2) is 15.7 Å². The molecule has 0 saturated carbocycles. The first-order valence-corrected chi connectivity index (χ1v) is 5.67. The molecule has 0 radical (unpaired) electrons. The van der Waals surface area contributed by atoms with Gasteiger partial charge in [-0.1, -0.05) is 11.6 Å². The molecule has 1 aromatic heterocycles. The van der Waals surface area contributed by atoms with E-state index in [0.717, 1.165) is 0 Å². The molecule has 2 rings (SSSR count). The van der Waals surface area contributed by atoms with Crippen LogP contribution in [0, 0.1) is 0 Å². The minimum atomic E-state index is -0.279. The van der Waals surface area contributed by atoms with Crippen LogP contribution in [0.2, 0.25) is 5.02 Å². The zero-order valence-corrected chi connectivity index (χ0v) is 10.7. The molecule has 1 N–H and O–H groups in total. The molecule has 88 valence electrons. The molecule has 0 aliphatic heterocycles. The van der Waals surface area contributed by atoms with E-state index in [0.29, 0.717) is 21.2 Å². The number of aromatic nitrogens is 2.